The molecule has 1 atom stereocenters. The van der Waals surface area contributed by atoms with Crippen molar-refractivity contribution >= 4 is 0 Å². The Hall–Kier alpha value is -0.290. The summed E-state index contributed by atoms with van der Waals surface area (Å²) in [7, 11) is 0. The number of hydrogen-bond acceptors (Lipinski definition) is 2. The predicted molar refractivity (Wildman–Crippen MR) is 30.6 cm³/mol. The second-order valence-corrected chi connectivity index (χ2v) is 1.87. The van der Waals surface area contributed by atoms with Crippen LogP contribution in [0.15, 0.2) is 0 Å². The van der Waals surface area contributed by atoms with E-state index in [0.29, 0.717) is 6.54 Å². The SMILES string of the molecule is CCNCC(O)C(F)(F)F. The van der Waals surface area contributed by atoms with Gasteiger partial charge in [0.15, 0.2) is 6.10 Å². The summed E-state index contributed by atoms with van der Waals surface area (Å²) in [5, 5.41) is 10.7. The molecule has 0 amide bonds. The maximum atomic E-state index is 11.5. The zero-order chi connectivity index (χ0) is 8.20. The van der Waals surface area contributed by atoms with Gasteiger partial charge in [-0.1, -0.05) is 6.92 Å². The lowest BCUT2D eigenvalue weighted by Crippen LogP contribution is -2.38. The third-order valence-electron chi connectivity index (χ3n) is 0.966. The van der Waals surface area contributed by atoms with E-state index >= 15 is 0 Å². The van der Waals surface area contributed by atoms with E-state index in [2.05, 4.69) is 5.32 Å². The van der Waals surface area contributed by atoms with E-state index in [1.165, 1.54) is 0 Å². The van der Waals surface area contributed by atoms with E-state index in [4.69, 9.17) is 5.11 Å². The number of hydrogen-bond donors (Lipinski definition) is 2. The topological polar surface area (TPSA) is 32.3 Å². The predicted octanol–water partition coefficient (Wildman–Crippen LogP) is 0.519. The lowest BCUT2D eigenvalue weighted by molar-refractivity contribution is -0.201. The highest BCUT2D eigenvalue weighted by molar-refractivity contribution is 4.66. The molecular formula is C5H10F3NO. The van der Waals surface area contributed by atoms with Crippen LogP contribution in [0.4, 0.5) is 13.2 Å². The Labute approximate surface area is 57.0 Å². The lowest BCUT2D eigenvalue weighted by atomic mass is 10.3. The van der Waals surface area contributed by atoms with Crippen LogP contribution in [0.25, 0.3) is 0 Å². The van der Waals surface area contributed by atoms with Gasteiger partial charge in [-0.05, 0) is 6.54 Å². The van der Waals surface area contributed by atoms with Crippen molar-refractivity contribution in [3.8, 4) is 0 Å². The van der Waals surface area contributed by atoms with Gasteiger partial charge in [0.1, 0.15) is 0 Å². The van der Waals surface area contributed by atoms with Crippen LogP contribution in [0.5, 0.6) is 0 Å². The van der Waals surface area contributed by atoms with E-state index in [1.807, 2.05) is 0 Å². The van der Waals surface area contributed by atoms with Crippen LogP contribution in [0.2, 0.25) is 0 Å². The summed E-state index contributed by atoms with van der Waals surface area (Å²) in [6, 6.07) is 0. The van der Waals surface area contributed by atoms with Crippen LogP contribution in [-0.4, -0.2) is 30.5 Å². The minimum absolute atomic E-state index is 0.424. The first-order chi connectivity index (χ1) is 4.48. The molecule has 0 radical (unpaired) electrons. The van der Waals surface area contributed by atoms with Gasteiger partial charge >= 0.3 is 6.18 Å². The van der Waals surface area contributed by atoms with E-state index in [-0.39, 0.29) is 0 Å². The number of aliphatic hydroxyl groups excluding tert-OH is 1. The molecule has 0 aromatic rings. The molecule has 0 heterocycles. The summed E-state index contributed by atoms with van der Waals surface area (Å²) in [5.41, 5.74) is 0. The summed E-state index contributed by atoms with van der Waals surface area (Å²) in [6.07, 6.45) is -6.74. The zero-order valence-electron chi connectivity index (χ0n) is 5.57. The summed E-state index contributed by atoms with van der Waals surface area (Å²) in [6.45, 7) is 1.66. The van der Waals surface area contributed by atoms with Crippen molar-refractivity contribution in [2.75, 3.05) is 13.1 Å². The molecule has 10 heavy (non-hydrogen) atoms. The van der Waals surface area contributed by atoms with Crippen LogP contribution in [0, 0.1) is 0 Å². The number of likely N-dealkylation sites (N-methyl/N-ethyl adjacent to an activating group) is 1. The molecule has 0 aliphatic carbocycles. The molecule has 0 aromatic carbocycles. The van der Waals surface area contributed by atoms with Crippen molar-refractivity contribution in [1.29, 1.82) is 0 Å². The van der Waals surface area contributed by atoms with Crippen molar-refractivity contribution in [2.24, 2.45) is 0 Å². The molecule has 0 saturated heterocycles. The first kappa shape index (κ1) is 9.71. The van der Waals surface area contributed by atoms with Crippen molar-refractivity contribution in [1.82, 2.24) is 5.32 Å². The molecule has 0 rings (SSSR count). The van der Waals surface area contributed by atoms with Crippen molar-refractivity contribution in [3.63, 3.8) is 0 Å². The van der Waals surface area contributed by atoms with Gasteiger partial charge in [0.2, 0.25) is 0 Å². The van der Waals surface area contributed by atoms with Crippen LogP contribution < -0.4 is 5.32 Å². The van der Waals surface area contributed by atoms with Gasteiger partial charge in [0.05, 0.1) is 0 Å². The molecule has 1 unspecified atom stereocenters. The molecule has 0 aliphatic rings. The maximum absolute atomic E-state index is 11.5. The highest BCUT2D eigenvalue weighted by atomic mass is 19.4. The largest absolute Gasteiger partial charge is 0.415 e. The number of nitrogens with one attached hydrogen (secondary N) is 1. The number of aliphatic hydroxyl groups is 1. The fourth-order valence-electron chi connectivity index (χ4n) is 0.397. The molecule has 5 heteroatoms. The van der Waals surface area contributed by atoms with Gasteiger partial charge in [-0.3, -0.25) is 0 Å². The Balaban J connectivity index is 3.52. The van der Waals surface area contributed by atoms with Crippen LogP contribution >= 0.6 is 0 Å². The lowest BCUT2D eigenvalue weighted by Gasteiger charge is -2.13. The van der Waals surface area contributed by atoms with Crippen molar-refractivity contribution in [2.45, 2.75) is 19.2 Å². The quantitative estimate of drug-likeness (QED) is 0.626. The Kier molecular flexibility index (Phi) is 3.67. The average molecular weight is 157 g/mol. The maximum Gasteiger partial charge on any atom is 0.415 e. The highest BCUT2D eigenvalue weighted by Crippen LogP contribution is 2.18. The standard InChI is InChI=1S/C5H10F3NO/c1-2-9-3-4(10)5(6,7)8/h4,9-10H,2-3H2,1H3. The highest BCUT2D eigenvalue weighted by Gasteiger charge is 2.37. The molecule has 2 N–H and O–H groups in total. The molecular weight excluding hydrogens is 147 g/mol. The average Bonchev–Trinajstić information content (AvgIpc) is 1.80. The Morgan fingerprint density at radius 1 is 1.50 bits per heavy atom. The fraction of sp³-hybridized carbons (Fsp3) is 1.00. The normalized spacial score (nSPS) is 15.3. The van der Waals surface area contributed by atoms with Crippen molar-refractivity contribution in [3.05, 3.63) is 0 Å². The minimum Gasteiger partial charge on any atom is -0.382 e. The third kappa shape index (κ3) is 3.68. The Morgan fingerprint density at radius 2 is 2.00 bits per heavy atom. The van der Waals surface area contributed by atoms with Crippen LogP contribution in [-0.2, 0) is 0 Å². The first-order valence-electron chi connectivity index (χ1n) is 2.94. The Bertz CT molecular complexity index is 93.4. The summed E-state index contributed by atoms with van der Waals surface area (Å²) < 4.78 is 34.4. The number of halogens is 3. The van der Waals surface area contributed by atoms with Gasteiger partial charge in [-0.15, -0.1) is 0 Å². The fourth-order valence-corrected chi connectivity index (χ4v) is 0.397. The van der Waals surface area contributed by atoms with Gasteiger partial charge < -0.3 is 10.4 Å². The van der Waals surface area contributed by atoms with Gasteiger partial charge in [0, 0.05) is 6.54 Å². The van der Waals surface area contributed by atoms with Gasteiger partial charge in [-0.25, -0.2) is 0 Å². The second kappa shape index (κ2) is 3.78. The van der Waals surface area contributed by atoms with E-state index in [9.17, 15) is 13.2 Å². The Morgan fingerprint density at radius 3 is 2.30 bits per heavy atom. The summed E-state index contributed by atoms with van der Waals surface area (Å²) >= 11 is 0. The first-order valence-corrected chi connectivity index (χ1v) is 2.94. The minimum atomic E-state index is -4.50. The van der Waals surface area contributed by atoms with Crippen molar-refractivity contribution < 1.29 is 18.3 Å². The van der Waals surface area contributed by atoms with Gasteiger partial charge in [0.25, 0.3) is 0 Å². The van der Waals surface area contributed by atoms with Crippen LogP contribution in [0.1, 0.15) is 6.92 Å². The van der Waals surface area contributed by atoms with Gasteiger partial charge in [-0.2, -0.15) is 13.2 Å². The number of rotatable bonds is 3. The molecule has 0 fully saturated rings. The molecule has 0 saturated carbocycles. The summed E-state index contributed by atoms with van der Waals surface area (Å²) in [4.78, 5) is 0. The molecule has 62 valence electrons. The zero-order valence-corrected chi connectivity index (χ0v) is 5.57. The third-order valence-corrected chi connectivity index (χ3v) is 0.966. The smallest absolute Gasteiger partial charge is 0.382 e. The van der Waals surface area contributed by atoms with E-state index < -0.39 is 18.8 Å². The van der Waals surface area contributed by atoms with E-state index in [0.717, 1.165) is 0 Å². The number of alkyl halides is 3. The van der Waals surface area contributed by atoms with Crippen LogP contribution in [0.3, 0.4) is 0 Å². The molecule has 0 aromatic heterocycles. The molecule has 0 bridgehead atoms. The van der Waals surface area contributed by atoms with E-state index in [1.54, 1.807) is 6.92 Å². The molecule has 0 spiro atoms. The second-order valence-electron chi connectivity index (χ2n) is 1.87. The molecule has 2 nitrogen and oxygen atoms in total. The monoisotopic (exact) mass is 157 g/mol. The molecule has 0 aliphatic heterocycles. The summed E-state index contributed by atoms with van der Waals surface area (Å²) in [5.74, 6) is 0.